The Kier molecular flexibility index (Phi) is 9.47. The molecule has 3 aromatic rings. The number of phenolic OH excluding ortho intramolecular Hbond substituents is 1. The number of aliphatic hydroxyl groups excluding tert-OH is 1. The summed E-state index contributed by atoms with van der Waals surface area (Å²) in [6.07, 6.45) is 1.68. The number of carbonyl (C=O) groups excluding carboxylic acids is 3. The van der Waals surface area contributed by atoms with Crippen LogP contribution in [0.3, 0.4) is 0 Å². The van der Waals surface area contributed by atoms with Gasteiger partial charge in [-0.1, -0.05) is 42.5 Å². The zero-order valence-corrected chi connectivity index (χ0v) is 22.5. The third-order valence-corrected chi connectivity index (χ3v) is 7.17. The van der Waals surface area contributed by atoms with E-state index < -0.39 is 30.0 Å². The second kappa shape index (κ2) is 13.2. The first-order valence-electron chi connectivity index (χ1n) is 13.1. The summed E-state index contributed by atoms with van der Waals surface area (Å²) in [6, 6.07) is 15.5. The Morgan fingerprint density at radius 2 is 1.82 bits per heavy atom. The summed E-state index contributed by atoms with van der Waals surface area (Å²) in [7, 11) is 1.51. The highest BCUT2D eigenvalue weighted by atomic mass is 16.5. The monoisotopic (exact) mass is 546 g/mol. The molecule has 4 rings (SSSR count). The predicted octanol–water partition coefficient (Wildman–Crippen LogP) is 1.73. The van der Waals surface area contributed by atoms with Gasteiger partial charge in [0.15, 0.2) is 6.10 Å². The van der Waals surface area contributed by atoms with E-state index >= 15 is 0 Å². The van der Waals surface area contributed by atoms with Gasteiger partial charge in [-0.15, -0.1) is 0 Å². The summed E-state index contributed by atoms with van der Waals surface area (Å²) in [5, 5.41) is 27.0. The number of nitrogens with zero attached hydrogens (tertiary/aromatic N) is 2. The van der Waals surface area contributed by atoms with Crippen molar-refractivity contribution in [2.24, 2.45) is 0 Å². The lowest BCUT2D eigenvalue weighted by atomic mass is 9.98. The molecule has 4 N–H and O–H groups in total. The van der Waals surface area contributed by atoms with Gasteiger partial charge in [0.25, 0.3) is 11.8 Å². The summed E-state index contributed by atoms with van der Waals surface area (Å²) in [6.45, 7) is 1.97. The number of benzene rings is 2. The number of likely N-dealkylation sites (tertiary alicyclic amines) is 1. The van der Waals surface area contributed by atoms with E-state index in [-0.39, 0.29) is 49.3 Å². The van der Waals surface area contributed by atoms with Gasteiger partial charge in [0.1, 0.15) is 11.8 Å². The highest BCUT2D eigenvalue weighted by Crippen LogP contribution is 2.24. The third-order valence-electron chi connectivity index (χ3n) is 7.17. The molecule has 210 valence electrons. The van der Waals surface area contributed by atoms with Crippen LogP contribution in [0, 0.1) is 6.92 Å². The van der Waals surface area contributed by atoms with E-state index in [9.17, 15) is 24.6 Å². The fourth-order valence-corrected chi connectivity index (χ4v) is 4.84. The van der Waals surface area contributed by atoms with Gasteiger partial charge in [0.2, 0.25) is 5.91 Å². The molecule has 40 heavy (non-hydrogen) atoms. The van der Waals surface area contributed by atoms with Gasteiger partial charge in [0, 0.05) is 50.1 Å². The second-order valence-electron chi connectivity index (χ2n) is 9.84. The van der Waals surface area contributed by atoms with E-state index in [0.29, 0.717) is 5.56 Å². The molecule has 10 nitrogen and oxygen atoms in total. The lowest BCUT2D eigenvalue weighted by Gasteiger charge is -2.30. The smallest absolute Gasteiger partial charge is 0.254 e. The molecule has 1 aliphatic rings. The van der Waals surface area contributed by atoms with Crippen LogP contribution in [0.2, 0.25) is 0 Å². The first-order valence-corrected chi connectivity index (χ1v) is 13.1. The van der Waals surface area contributed by atoms with Crippen LogP contribution in [0.4, 0.5) is 0 Å². The molecular formula is C30H34N4O6. The van der Waals surface area contributed by atoms with Crippen LogP contribution >= 0.6 is 0 Å². The van der Waals surface area contributed by atoms with Crippen molar-refractivity contribution in [1.82, 2.24) is 20.5 Å². The third kappa shape index (κ3) is 6.83. The Morgan fingerprint density at radius 3 is 2.52 bits per heavy atom. The minimum absolute atomic E-state index is 0.0355. The number of hydrogen-bond donors (Lipinski definition) is 4. The fourth-order valence-electron chi connectivity index (χ4n) is 4.84. The maximum atomic E-state index is 13.7. The molecule has 1 aromatic heterocycles. The van der Waals surface area contributed by atoms with E-state index in [2.05, 4.69) is 15.6 Å². The number of ether oxygens (including phenoxy) is 1. The number of nitrogens with one attached hydrogen (secondary N) is 2. The molecular weight excluding hydrogens is 512 g/mol. The second-order valence-corrected chi connectivity index (χ2v) is 9.84. The van der Waals surface area contributed by atoms with Gasteiger partial charge in [-0.3, -0.25) is 19.4 Å². The number of carbonyl (C=O) groups is 3. The number of rotatable bonds is 10. The molecule has 0 spiro atoms. The van der Waals surface area contributed by atoms with Crippen molar-refractivity contribution in [1.29, 1.82) is 0 Å². The summed E-state index contributed by atoms with van der Waals surface area (Å²) >= 11 is 0. The number of phenols is 1. The standard InChI is InChI=1S/C30H34N4O6/c1-19-23(11-6-12-26(19)35)28(37)33-24(14-20-8-4-3-5-9-20)27(36)30(39)34-18-22(40-2)15-25(34)29(38)32-17-21-10-7-13-31-16-21/h3-13,16,22,24-25,27,35-36H,14-15,17-18H2,1-2H3,(H,32,38)(H,33,37)/t22-,24+,25+,27+/m1/s1. The maximum Gasteiger partial charge on any atom is 0.254 e. The van der Waals surface area contributed by atoms with Crippen molar-refractivity contribution < 1.29 is 29.3 Å². The molecule has 0 saturated carbocycles. The zero-order chi connectivity index (χ0) is 28.6. The average molecular weight is 547 g/mol. The molecule has 4 atom stereocenters. The fraction of sp³-hybridized carbons (Fsp3) is 0.333. The predicted molar refractivity (Wildman–Crippen MR) is 147 cm³/mol. The number of pyridine rings is 1. The van der Waals surface area contributed by atoms with Crippen LogP contribution in [0.5, 0.6) is 5.75 Å². The van der Waals surface area contributed by atoms with Crippen LogP contribution in [0.25, 0.3) is 0 Å². The van der Waals surface area contributed by atoms with E-state index in [4.69, 9.17) is 4.74 Å². The minimum Gasteiger partial charge on any atom is -0.508 e. The number of methoxy groups -OCH3 is 1. The SMILES string of the molecule is CO[C@@H]1C[C@@H](C(=O)NCc2cccnc2)N(C(=O)[C@@H](O)[C@H](Cc2ccccc2)NC(=O)c2cccc(O)c2C)C1. The largest absolute Gasteiger partial charge is 0.508 e. The van der Waals surface area contributed by atoms with Gasteiger partial charge in [-0.2, -0.15) is 0 Å². The van der Waals surface area contributed by atoms with Gasteiger partial charge in [-0.05, 0) is 42.7 Å². The van der Waals surface area contributed by atoms with Gasteiger partial charge in [-0.25, -0.2) is 0 Å². The molecule has 1 saturated heterocycles. The topological polar surface area (TPSA) is 141 Å². The molecule has 0 radical (unpaired) electrons. The maximum absolute atomic E-state index is 13.7. The lowest BCUT2D eigenvalue weighted by Crippen LogP contribution is -2.55. The number of hydrogen-bond acceptors (Lipinski definition) is 7. The van der Waals surface area contributed by atoms with Crippen LogP contribution in [0.15, 0.2) is 73.1 Å². The van der Waals surface area contributed by atoms with Crippen LogP contribution in [-0.4, -0.2) is 75.8 Å². The molecule has 1 aliphatic heterocycles. The Morgan fingerprint density at radius 1 is 1.07 bits per heavy atom. The Hall–Kier alpha value is -4.28. The molecule has 10 heteroatoms. The minimum atomic E-state index is -1.65. The summed E-state index contributed by atoms with van der Waals surface area (Å²) in [4.78, 5) is 45.4. The summed E-state index contributed by atoms with van der Waals surface area (Å²) in [5.41, 5.74) is 2.22. The quantitative estimate of drug-likeness (QED) is 0.304. The van der Waals surface area contributed by atoms with Crippen molar-refractivity contribution >= 4 is 17.7 Å². The van der Waals surface area contributed by atoms with Crippen LogP contribution < -0.4 is 10.6 Å². The highest BCUT2D eigenvalue weighted by molar-refractivity contribution is 5.97. The van der Waals surface area contributed by atoms with E-state index in [1.54, 1.807) is 37.5 Å². The first-order chi connectivity index (χ1) is 19.3. The number of amides is 3. The van der Waals surface area contributed by atoms with Crippen LogP contribution in [-0.2, 0) is 27.3 Å². The van der Waals surface area contributed by atoms with E-state index in [1.807, 2.05) is 36.4 Å². The average Bonchev–Trinajstić information content (AvgIpc) is 3.42. The Bertz CT molecular complexity index is 1320. The molecule has 2 aromatic carbocycles. The first kappa shape index (κ1) is 28.7. The summed E-state index contributed by atoms with van der Waals surface area (Å²) in [5.74, 6) is -1.63. The Balaban J connectivity index is 1.54. The van der Waals surface area contributed by atoms with Crippen molar-refractivity contribution in [3.63, 3.8) is 0 Å². The van der Waals surface area contributed by atoms with Gasteiger partial charge in [0.05, 0.1) is 12.1 Å². The zero-order valence-electron chi connectivity index (χ0n) is 22.5. The molecule has 0 bridgehead atoms. The molecule has 2 heterocycles. The Labute approximate surface area is 233 Å². The normalized spacial score (nSPS) is 18.1. The highest BCUT2D eigenvalue weighted by Gasteiger charge is 2.43. The van der Waals surface area contributed by atoms with Crippen molar-refractivity contribution in [3.05, 3.63) is 95.3 Å². The molecule has 0 aliphatic carbocycles. The van der Waals surface area contributed by atoms with Gasteiger partial charge < -0.3 is 30.5 Å². The molecule has 0 unspecified atom stereocenters. The summed E-state index contributed by atoms with van der Waals surface area (Å²) < 4.78 is 5.46. The van der Waals surface area contributed by atoms with E-state index in [0.717, 1.165) is 11.1 Å². The van der Waals surface area contributed by atoms with Crippen molar-refractivity contribution in [3.8, 4) is 5.75 Å². The molecule has 1 fully saturated rings. The van der Waals surface area contributed by atoms with Crippen molar-refractivity contribution in [2.45, 2.75) is 50.6 Å². The van der Waals surface area contributed by atoms with Crippen molar-refractivity contribution in [2.75, 3.05) is 13.7 Å². The van der Waals surface area contributed by atoms with Crippen LogP contribution in [0.1, 0.15) is 33.5 Å². The van der Waals surface area contributed by atoms with Gasteiger partial charge >= 0.3 is 0 Å². The lowest BCUT2D eigenvalue weighted by molar-refractivity contribution is -0.146. The molecule has 3 amide bonds. The number of aliphatic hydroxyl groups is 1. The number of aromatic hydroxyl groups is 1. The number of aromatic nitrogens is 1. The van der Waals surface area contributed by atoms with E-state index in [1.165, 1.54) is 18.1 Å².